The van der Waals surface area contributed by atoms with Gasteiger partial charge >= 0.3 is 5.97 Å². The van der Waals surface area contributed by atoms with Gasteiger partial charge in [0.05, 0.1) is 12.8 Å². The lowest BCUT2D eigenvalue weighted by atomic mass is 10.3. The van der Waals surface area contributed by atoms with Crippen LogP contribution in [0, 0.1) is 0 Å². The molecule has 1 rings (SSSR count). The maximum Gasteiger partial charge on any atom is 0.329 e. The molecule has 0 aliphatic heterocycles. The third kappa shape index (κ3) is 4.17. The molecule has 1 heterocycles. The van der Waals surface area contributed by atoms with Crippen LogP contribution in [-0.2, 0) is 27.9 Å². The van der Waals surface area contributed by atoms with E-state index >= 15 is 0 Å². The first kappa shape index (κ1) is 14.2. The number of esters is 1. The zero-order valence-electron chi connectivity index (χ0n) is 10.8. The summed E-state index contributed by atoms with van der Waals surface area (Å²) < 4.78 is 6.35. The third-order valence-electron chi connectivity index (χ3n) is 2.44. The average molecular weight is 254 g/mol. The summed E-state index contributed by atoms with van der Waals surface area (Å²) in [5.41, 5.74) is 0.987. The van der Waals surface area contributed by atoms with Crippen LogP contribution >= 0.6 is 0 Å². The van der Waals surface area contributed by atoms with Crippen molar-refractivity contribution in [1.82, 2.24) is 20.4 Å². The molecular weight excluding hydrogens is 236 g/mol. The molecule has 1 amide bonds. The SMILES string of the molecule is COC(=O)C(CNCc1ccnn1C)NC(C)=O. The smallest absolute Gasteiger partial charge is 0.329 e. The van der Waals surface area contributed by atoms with E-state index in [1.54, 1.807) is 10.9 Å². The maximum atomic E-state index is 11.4. The quantitative estimate of drug-likeness (QED) is 0.648. The molecule has 2 N–H and O–H groups in total. The second kappa shape index (κ2) is 6.75. The Morgan fingerprint density at radius 3 is 2.78 bits per heavy atom. The standard InChI is InChI=1S/C11H18N4O3/c1-8(16)14-10(11(17)18-3)7-12-6-9-4-5-13-15(9)2/h4-5,10,12H,6-7H2,1-3H3,(H,14,16). The van der Waals surface area contributed by atoms with Gasteiger partial charge in [0.25, 0.3) is 0 Å². The molecule has 18 heavy (non-hydrogen) atoms. The average Bonchev–Trinajstić information content (AvgIpc) is 2.72. The minimum atomic E-state index is -0.680. The largest absolute Gasteiger partial charge is 0.467 e. The van der Waals surface area contributed by atoms with Gasteiger partial charge in [-0.25, -0.2) is 4.79 Å². The van der Waals surface area contributed by atoms with Gasteiger partial charge in [-0.2, -0.15) is 5.10 Å². The molecule has 1 aromatic rings. The number of aryl methyl sites for hydroxylation is 1. The first-order chi connectivity index (χ1) is 8.54. The lowest BCUT2D eigenvalue weighted by molar-refractivity contribution is -0.144. The highest BCUT2D eigenvalue weighted by Gasteiger charge is 2.19. The normalized spacial score (nSPS) is 11.9. The number of nitrogens with zero attached hydrogens (tertiary/aromatic N) is 2. The van der Waals surface area contributed by atoms with E-state index < -0.39 is 12.0 Å². The van der Waals surface area contributed by atoms with Crippen LogP contribution in [0.1, 0.15) is 12.6 Å². The molecule has 0 fully saturated rings. The molecule has 0 aliphatic carbocycles. The van der Waals surface area contributed by atoms with E-state index in [1.807, 2.05) is 13.1 Å². The highest BCUT2D eigenvalue weighted by atomic mass is 16.5. The second-order valence-corrected chi connectivity index (χ2v) is 3.85. The van der Waals surface area contributed by atoms with Crippen molar-refractivity contribution in [1.29, 1.82) is 0 Å². The molecular formula is C11H18N4O3. The Morgan fingerprint density at radius 2 is 2.28 bits per heavy atom. The van der Waals surface area contributed by atoms with Crippen molar-refractivity contribution in [2.24, 2.45) is 7.05 Å². The number of carbonyl (C=O) groups is 2. The molecule has 1 atom stereocenters. The van der Waals surface area contributed by atoms with E-state index in [9.17, 15) is 9.59 Å². The van der Waals surface area contributed by atoms with Crippen LogP contribution in [-0.4, -0.2) is 41.4 Å². The van der Waals surface area contributed by atoms with Gasteiger partial charge < -0.3 is 15.4 Å². The maximum absolute atomic E-state index is 11.4. The summed E-state index contributed by atoms with van der Waals surface area (Å²) in [6, 6.07) is 1.19. The lowest BCUT2D eigenvalue weighted by Crippen LogP contribution is -2.47. The number of methoxy groups -OCH3 is 1. The first-order valence-electron chi connectivity index (χ1n) is 5.57. The molecule has 0 radical (unpaired) electrons. The Hall–Kier alpha value is -1.89. The fraction of sp³-hybridized carbons (Fsp3) is 0.545. The Bertz CT molecular complexity index is 416. The molecule has 0 aromatic carbocycles. The summed E-state index contributed by atoms with van der Waals surface area (Å²) >= 11 is 0. The summed E-state index contributed by atoms with van der Waals surface area (Å²) in [6.07, 6.45) is 1.70. The van der Waals surface area contributed by atoms with Crippen molar-refractivity contribution in [3.8, 4) is 0 Å². The number of hydrogen-bond donors (Lipinski definition) is 2. The van der Waals surface area contributed by atoms with E-state index in [2.05, 4.69) is 20.5 Å². The number of amides is 1. The zero-order chi connectivity index (χ0) is 13.5. The molecule has 1 aromatic heterocycles. The van der Waals surface area contributed by atoms with Crippen molar-refractivity contribution in [3.63, 3.8) is 0 Å². The second-order valence-electron chi connectivity index (χ2n) is 3.85. The zero-order valence-corrected chi connectivity index (χ0v) is 10.8. The Kier molecular flexibility index (Phi) is 5.31. The number of nitrogens with one attached hydrogen (secondary N) is 2. The minimum Gasteiger partial charge on any atom is -0.467 e. The monoisotopic (exact) mass is 254 g/mol. The van der Waals surface area contributed by atoms with Gasteiger partial charge in [-0.05, 0) is 6.07 Å². The summed E-state index contributed by atoms with van der Waals surface area (Å²) in [4.78, 5) is 22.4. The summed E-state index contributed by atoms with van der Waals surface area (Å²) in [5, 5.41) is 9.63. The van der Waals surface area contributed by atoms with Crippen LogP contribution < -0.4 is 10.6 Å². The Balaban J connectivity index is 2.44. The van der Waals surface area contributed by atoms with Gasteiger partial charge in [-0.1, -0.05) is 0 Å². The highest BCUT2D eigenvalue weighted by molar-refractivity contribution is 5.83. The Labute approximate surface area is 105 Å². The third-order valence-corrected chi connectivity index (χ3v) is 2.44. The topological polar surface area (TPSA) is 85.2 Å². The highest BCUT2D eigenvalue weighted by Crippen LogP contribution is 1.95. The van der Waals surface area contributed by atoms with Crippen LogP contribution in [0.25, 0.3) is 0 Å². The van der Waals surface area contributed by atoms with Crippen molar-refractivity contribution >= 4 is 11.9 Å². The fourth-order valence-corrected chi connectivity index (χ4v) is 1.50. The molecule has 100 valence electrons. The van der Waals surface area contributed by atoms with Gasteiger partial charge in [0.1, 0.15) is 6.04 Å². The van der Waals surface area contributed by atoms with Gasteiger partial charge in [0, 0.05) is 33.3 Å². The number of ether oxygens (including phenoxy) is 1. The van der Waals surface area contributed by atoms with Gasteiger partial charge in [0.2, 0.25) is 5.91 Å². The Morgan fingerprint density at radius 1 is 1.56 bits per heavy atom. The van der Waals surface area contributed by atoms with Crippen LogP contribution in [0.3, 0.4) is 0 Å². The van der Waals surface area contributed by atoms with Crippen LogP contribution in [0.5, 0.6) is 0 Å². The van der Waals surface area contributed by atoms with Gasteiger partial charge in [0.15, 0.2) is 0 Å². The van der Waals surface area contributed by atoms with Crippen molar-refractivity contribution in [2.75, 3.05) is 13.7 Å². The predicted molar refractivity (Wildman–Crippen MR) is 64.5 cm³/mol. The van der Waals surface area contributed by atoms with E-state index in [-0.39, 0.29) is 5.91 Å². The summed E-state index contributed by atoms with van der Waals surface area (Å²) in [5.74, 6) is -0.740. The number of hydrogen-bond acceptors (Lipinski definition) is 5. The van der Waals surface area contributed by atoms with E-state index in [0.29, 0.717) is 13.1 Å². The molecule has 1 unspecified atom stereocenters. The molecule has 7 heteroatoms. The van der Waals surface area contributed by atoms with Crippen molar-refractivity contribution in [3.05, 3.63) is 18.0 Å². The van der Waals surface area contributed by atoms with E-state index in [4.69, 9.17) is 0 Å². The molecule has 0 saturated heterocycles. The van der Waals surface area contributed by atoms with Crippen LogP contribution in [0.15, 0.2) is 12.3 Å². The molecule has 0 bridgehead atoms. The number of carbonyl (C=O) groups excluding carboxylic acids is 2. The summed E-state index contributed by atoms with van der Waals surface area (Å²) in [7, 11) is 3.13. The molecule has 0 saturated carbocycles. The summed E-state index contributed by atoms with van der Waals surface area (Å²) in [6.45, 7) is 2.22. The van der Waals surface area contributed by atoms with Gasteiger partial charge in [-0.15, -0.1) is 0 Å². The number of rotatable bonds is 6. The van der Waals surface area contributed by atoms with Crippen molar-refractivity contribution in [2.45, 2.75) is 19.5 Å². The van der Waals surface area contributed by atoms with Crippen LogP contribution in [0.4, 0.5) is 0 Å². The van der Waals surface area contributed by atoms with Crippen molar-refractivity contribution < 1.29 is 14.3 Å². The lowest BCUT2D eigenvalue weighted by Gasteiger charge is -2.16. The molecule has 0 spiro atoms. The van der Waals surface area contributed by atoms with Gasteiger partial charge in [-0.3, -0.25) is 9.48 Å². The molecule has 0 aliphatic rings. The number of aromatic nitrogens is 2. The fourth-order valence-electron chi connectivity index (χ4n) is 1.50. The first-order valence-corrected chi connectivity index (χ1v) is 5.57. The minimum absolute atomic E-state index is 0.271. The molecule has 7 nitrogen and oxygen atoms in total. The van der Waals surface area contributed by atoms with Crippen LogP contribution in [0.2, 0.25) is 0 Å². The predicted octanol–water partition coefficient (Wildman–Crippen LogP) is -0.813. The van der Waals surface area contributed by atoms with E-state index in [0.717, 1.165) is 5.69 Å². The van der Waals surface area contributed by atoms with E-state index in [1.165, 1.54) is 14.0 Å².